The summed E-state index contributed by atoms with van der Waals surface area (Å²) in [7, 11) is 4.21. The Bertz CT molecular complexity index is 716. The molecule has 0 unspecified atom stereocenters. The van der Waals surface area contributed by atoms with E-state index < -0.39 is 5.60 Å². The minimum Gasteiger partial charge on any atom is -1.00 e. The fourth-order valence-electron chi connectivity index (χ4n) is 3.10. The van der Waals surface area contributed by atoms with E-state index in [1.165, 1.54) is 4.90 Å². The summed E-state index contributed by atoms with van der Waals surface area (Å²) in [4.78, 5) is 13.9. The van der Waals surface area contributed by atoms with E-state index in [4.69, 9.17) is 16.3 Å². The highest BCUT2D eigenvalue weighted by Gasteiger charge is 2.42. The molecule has 1 heterocycles. The number of hydrogen-bond acceptors (Lipinski definition) is 2. The summed E-state index contributed by atoms with van der Waals surface area (Å²) >= 11 is 6.02. The first kappa shape index (κ1) is 18.8. The van der Waals surface area contributed by atoms with Crippen LogP contribution in [-0.2, 0) is 16.8 Å². The molecule has 3 rings (SSSR count). The van der Waals surface area contributed by atoms with Crippen molar-refractivity contribution in [3.63, 3.8) is 0 Å². The Kier molecular flexibility index (Phi) is 5.92. The maximum Gasteiger partial charge on any atom is 0.339 e. The molecule has 0 saturated carbocycles. The van der Waals surface area contributed by atoms with Gasteiger partial charge in [-0.2, -0.15) is 0 Å². The summed E-state index contributed by atoms with van der Waals surface area (Å²) in [5.41, 5.74) is 2.11. The van der Waals surface area contributed by atoms with Crippen LogP contribution in [0, 0.1) is 0 Å². The highest BCUT2D eigenvalue weighted by atomic mass is 35.5. The van der Waals surface area contributed by atoms with E-state index in [0.717, 1.165) is 24.1 Å². The third kappa shape index (κ3) is 3.75. The quantitative estimate of drug-likeness (QED) is 0.739. The van der Waals surface area contributed by atoms with Crippen LogP contribution < -0.4 is 17.3 Å². The summed E-state index contributed by atoms with van der Waals surface area (Å²) in [6, 6.07) is 15.3. The van der Waals surface area contributed by atoms with Crippen LogP contribution in [0.15, 0.2) is 48.5 Å². The van der Waals surface area contributed by atoms with Crippen LogP contribution in [0.5, 0.6) is 0 Å². The molecular weight excluding hydrogens is 345 g/mol. The van der Waals surface area contributed by atoms with E-state index in [2.05, 4.69) is 14.1 Å². The average molecular weight is 366 g/mol. The van der Waals surface area contributed by atoms with Gasteiger partial charge in [-0.3, -0.25) is 0 Å². The summed E-state index contributed by atoms with van der Waals surface area (Å²) in [6.45, 7) is 0.915. The van der Waals surface area contributed by atoms with E-state index in [0.29, 0.717) is 17.0 Å². The molecule has 1 aliphatic heterocycles. The van der Waals surface area contributed by atoms with Crippen LogP contribution in [0.25, 0.3) is 0 Å². The average Bonchev–Trinajstić information content (AvgIpc) is 2.53. The Balaban J connectivity index is 0.00000208. The van der Waals surface area contributed by atoms with Crippen LogP contribution in [0.1, 0.15) is 27.9 Å². The largest absolute Gasteiger partial charge is 1.00 e. The molecule has 128 valence electrons. The van der Waals surface area contributed by atoms with Gasteiger partial charge in [0.25, 0.3) is 0 Å². The topological polar surface area (TPSA) is 30.7 Å². The maximum atomic E-state index is 12.5. The number of halogens is 2. The first-order valence-corrected chi connectivity index (χ1v) is 8.24. The van der Waals surface area contributed by atoms with Crippen molar-refractivity contribution in [2.75, 3.05) is 20.6 Å². The maximum absolute atomic E-state index is 12.5. The number of hydrogen-bond donors (Lipinski definition) is 1. The molecule has 0 aromatic heterocycles. The fourth-order valence-corrected chi connectivity index (χ4v) is 3.23. The van der Waals surface area contributed by atoms with Crippen molar-refractivity contribution in [2.45, 2.75) is 18.4 Å². The zero-order chi connectivity index (χ0) is 16.4. The van der Waals surface area contributed by atoms with Crippen LogP contribution in [0.4, 0.5) is 0 Å². The molecule has 0 amide bonds. The second-order valence-electron chi connectivity index (χ2n) is 6.43. The standard InChI is InChI=1S/C19H20ClNO2.ClH/c1-21(2)12-11-19(15-7-9-16(20)10-8-15)13-14-5-3-4-6-17(14)18(22)23-19;/h3-10H,11-13H2,1-2H3;1H/t19-;/m0./s1. The number of benzene rings is 2. The van der Waals surface area contributed by atoms with Crippen molar-refractivity contribution >= 4 is 17.6 Å². The van der Waals surface area contributed by atoms with Crippen molar-refractivity contribution in [1.29, 1.82) is 0 Å². The number of nitrogens with one attached hydrogen (secondary N) is 1. The Hall–Kier alpha value is -1.55. The Morgan fingerprint density at radius 1 is 1.12 bits per heavy atom. The van der Waals surface area contributed by atoms with Crippen molar-refractivity contribution in [2.24, 2.45) is 0 Å². The molecule has 1 atom stereocenters. The number of carbonyl (C=O) groups excluding carboxylic acids is 1. The van der Waals surface area contributed by atoms with Crippen molar-refractivity contribution in [1.82, 2.24) is 0 Å². The van der Waals surface area contributed by atoms with Crippen molar-refractivity contribution in [3.05, 3.63) is 70.2 Å². The van der Waals surface area contributed by atoms with Gasteiger partial charge < -0.3 is 22.0 Å². The second kappa shape index (κ2) is 7.56. The first-order chi connectivity index (χ1) is 11.0. The fraction of sp³-hybridized carbons (Fsp3) is 0.316. The lowest BCUT2D eigenvalue weighted by molar-refractivity contribution is -0.859. The van der Waals surface area contributed by atoms with Crippen LogP contribution >= 0.6 is 11.6 Å². The Labute approximate surface area is 154 Å². The number of esters is 1. The van der Waals surface area contributed by atoms with Gasteiger partial charge >= 0.3 is 5.97 Å². The number of carbonyl (C=O) groups is 1. The molecular formula is C19H21Cl2NO2. The smallest absolute Gasteiger partial charge is 0.339 e. The van der Waals surface area contributed by atoms with Gasteiger partial charge in [0.1, 0.15) is 5.60 Å². The lowest BCUT2D eigenvalue weighted by Gasteiger charge is -2.38. The monoisotopic (exact) mass is 365 g/mol. The molecule has 0 fully saturated rings. The molecule has 3 nitrogen and oxygen atoms in total. The number of rotatable bonds is 4. The highest BCUT2D eigenvalue weighted by Crippen LogP contribution is 2.39. The van der Waals surface area contributed by atoms with E-state index >= 15 is 0 Å². The molecule has 0 aliphatic carbocycles. The molecule has 0 saturated heterocycles. The number of ether oxygens (including phenoxy) is 1. The molecule has 0 spiro atoms. The van der Waals surface area contributed by atoms with Gasteiger partial charge in [-0.1, -0.05) is 41.9 Å². The van der Waals surface area contributed by atoms with Crippen LogP contribution in [0.3, 0.4) is 0 Å². The lowest BCUT2D eigenvalue weighted by Crippen LogP contribution is -3.05. The van der Waals surface area contributed by atoms with E-state index in [-0.39, 0.29) is 18.4 Å². The second-order valence-corrected chi connectivity index (χ2v) is 6.87. The van der Waals surface area contributed by atoms with Crippen molar-refractivity contribution < 1.29 is 26.8 Å². The van der Waals surface area contributed by atoms with Gasteiger partial charge in [0.15, 0.2) is 0 Å². The molecule has 1 N–H and O–H groups in total. The van der Waals surface area contributed by atoms with E-state index in [9.17, 15) is 4.79 Å². The van der Waals surface area contributed by atoms with Gasteiger partial charge in [0, 0.05) is 17.9 Å². The molecule has 2 aromatic carbocycles. The molecule has 0 bridgehead atoms. The number of quaternary nitrogens is 1. The first-order valence-electron chi connectivity index (χ1n) is 7.86. The highest BCUT2D eigenvalue weighted by molar-refractivity contribution is 6.30. The van der Waals surface area contributed by atoms with Gasteiger partial charge in [-0.05, 0) is 29.3 Å². The van der Waals surface area contributed by atoms with E-state index in [1.54, 1.807) is 0 Å². The molecule has 5 heteroatoms. The zero-order valence-electron chi connectivity index (χ0n) is 13.8. The SMILES string of the molecule is C[NH+](C)CC[C@@]1(c2ccc(Cl)cc2)Cc2ccccc2C(=O)O1.[Cl-]. The third-order valence-corrected chi connectivity index (χ3v) is 4.65. The Morgan fingerprint density at radius 2 is 1.79 bits per heavy atom. The Morgan fingerprint density at radius 3 is 2.46 bits per heavy atom. The number of fused-ring (bicyclic) bond motifs is 1. The molecule has 24 heavy (non-hydrogen) atoms. The van der Waals surface area contributed by atoms with Crippen LogP contribution in [0.2, 0.25) is 5.02 Å². The minimum absolute atomic E-state index is 0. The summed E-state index contributed by atoms with van der Waals surface area (Å²) in [6.07, 6.45) is 1.47. The van der Waals surface area contributed by atoms with Gasteiger partial charge in [0.05, 0.1) is 26.2 Å². The zero-order valence-corrected chi connectivity index (χ0v) is 15.3. The lowest BCUT2D eigenvalue weighted by atomic mass is 9.81. The van der Waals surface area contributed by atoms with Gasteiger partial charge in [0.2, 0.25) is 0 Å². The normalized spacial score (nSPS) is 19.4. The molecule has 0 radical (unpaired) electrons. The van der Waals surface area contributed by atoms with Gasteiger partial charge in [-0.15, -0.1) is 0 Å². The summed E-state index contributed by atoms with van der Waals surface area (Å²) in [5, 5.41) is 0.685. The minimum atomic E-state index is -0.618. The van der Waals surface area contributed by atoms with E-state index in [1.807, 2.05) is 48.5 Å². The predicted octanol–water partition coefficient (Wildman–Crippen LogP) is -0.513. The predicted molar refractivity (Wildman–Crippen MR) is 91.0 cm³/mol. The summed E-state index contributed by atoms with van der Waals surface area (Å²) < 4.78 is 5.98. The third-order valence-electron chi connectivity index (χ3n) is 4.40. The molecule has 2 aromatic rings. The van der Waals surface area contributed by atoms with Crippen molar-refractivity contribution in [3.8, 4) is 0 Å². The van der Waals surface area contributed by atoms with Gasteiger partial charge in [-0.25, -0.2) is 4.79 Å². The van der Waals surface area contributed by atoms with Crippen LogP contribution in [-0.4, -0.2) is 26.6 Å². The molecule has 1 aliphatic rings. The number of cyclic esters (lactones) is 1. The summed E-state index contributed by atoms with van der Waals surface area (Å²) in [5.74, 6) is -0.240.